The fraction of sp³-hybridized carbons (Fsp3) is 0.278. The molecule has 0 fully saturated rings. The van der Waals surface area contributed by atoms with Gasteiger partial charge in [-0.1, -0.05) is 41.9 Å². The van der Waals surface area contributed by atoms with Crippen LogP contribution in [0.4, 0.5) is 0 Å². The Morgan fingerprint density at radius 1 is 1.13 bits per heavy atom. The van der Waals surface area contributed by atoms with Crippen molar-refractivity contribution in [2.45, 2.75) is 13.0 Å². The molecule has 0 heterocycles. The third kappa shape index (κ3) is 5.27. The molecule has 0 atom stereocenters. The van der Waals surface area contributed by atoms with Gasteiger partial charge >= 0.3 is 0 Å². The van der Waals surface area contributed by atoms with Crippen LogP contribution in [0.15, 0.2) is 48.5 Å². The molecule has 2 aromatic rings. The SMILES string of the molecule is COCCCNC(=O)c1ccccc1OCc1ccccc1Cl. The first-order valence-electron chi connectivity index (χ1n) is 7.44. The maximum absolute atomic E-state index is 12.2. The Balaban J connectivity index is 2.00. The van der Waals surface area contributed by atoms with E-state index in [1.165, 1.54) is 0 Å². The minimum absolute atomic E-state index is 0.157. The zero-order valence-electron chi connectivity index (χ0n) is 13.0. The number of halogens is 1. The Morgan fingerprint density at radius 2 is 1.87 bits per heavy atom. The van der Waals surface area contributed by atoms with Gasteiger partial charge in [-0.25, -0.2) is 0 Å². The summed E-state index contributed by atoms with van der Waals surface area (Å²) in [5.41, 5.74) is 1.39. The molecule has 0 unspecified atom stereocenters. The summed E-state index contributed by atoms with van der Waals surface area (Å²) in [4.78, 5) is 12.2. The molecular formula is C18H20ClNO3. The van der Waals surface area contributed by atoms with Crippen molar-refractivity contribution in [2.75, 3.05) is 20.3 Å². The van der Waals surface area contributed by atoms with Gasteiger partial charge in [-0.05, 0) is 24.6 Å². The van der Waals surface area contributed by atoms with Crippen molar-refractivity contribution >= 4 is 17.5 Å². The number of para-hydroxylation sites is 1. The van der Waals surface area contributed by atoms with Crippen LogP contribution in [0.1, 0.15) is 22.3 Å². The van der Waals surface area contributed by atoms with Gasteiger partial charge in [-0.15, -0.1) is 0 Å². The number of nitrogens with one attached hydrogen (secondary N) is 1. The summed E-state index contributed by atoms with van der Waals surface area (Å²) in [5.74, 6) is 0.382. The molecule has 0 aromatic heterocycles. The Hall–Kier alpha value is -2.04. The Kier molecular flexibility index (Phi) is 6.91. The Labute approximate surface area is 141 Å². The first-order chi connectivity index (χ1) is 11.2. The van der Waals surface area contributed by atoms with Crippen LogP contribution in [0, 0.1) is 0 Å². The minimum atomic E-state index is -0.157. The highest BCUT2D eigenvalue weighted by Gasteiger charge is 2.12. The van der Waals surface area contributed by atoms with Crippen molar-refractivity contribution in [1.82, 2.24) is 5.32 Å². The molecule has 0 aliphatic carbocycles. The summed E-state index contributed by atoms with van der Waals surface area (Å²) in [6, 6.07) is 14.7. The predicted molar refractivity (Wildman–Crippen MR) is 91.1 cm³/mol. The van der Waals surface area contributed by atoms with E-state index in [4.69, 9.17) is 21.1 Å². The van der Waals surface area contributed by atoms with E-state index < -0.39 is 0 Å². The van der Waals surface area contributed by atoms with Crippen LogP contribution in [0.5, 0.6) is 5.75 Å². The summed E-state index contributed by atoms with van der Waals surface area (Å²) in [7, 11) is 1.64. The van der Waals surface area contributed by atoms with Gasteiger partial charge in [0.1, 0.15) is 12.4 Å². The third-order valence-electron chi connectivity index (χ3n) is 3.28. The van der Waals surface area contributed by atoms with Gasteiger partial charge in [0.05, 0.1) is 5.56 Å². The molecule has 122 valence electrons. The molecule has 5 heteroatoms. The van der Waals surface area contributed by atoms with Crippen LogP contribution in [0.3, 0.4) is 0 Å². The lowest BCUT2D eigenvalue weighted by Gasteiger charge is -2.12. The van der Waals surface area contributed by atoms with Gasteiger partial charge in [0, 0.05) is 30.8 Å². The molecule has 2 rings (SSSR count). The minimum Gasteiger partial charge on any atom is -0.488 e. The molecule has 23 heavy (non-hydrogen) atoms. The molecule has 1 N–H and O–H groups in total. The lowest BCUT2D eigenvalue weighted by atomic mass is 10.2. The second-order valence-corrected chi connectivity index (χ2v) is 5.39. The number of carbonyl (C=O) groups excluding carboxylic acids is 1. The average molecular weight is 334 g/mol. The lowest BCUT2D eigenvalue weighted by Crippen LogP contribution is -2.25. The first kappa shape index (κ1) is 17.3. The summed E-state index contributed by atoms with van der Waals surface area (Å²) in [6.45, 7) is 1.49. The van der Waals surface area contributed by atoms with Gasteiger partial charge in [0.25, 0.3) is 5.91 Å². The number of hydrogen-bond acceptors (Lipinski definition) is 3. The van der Waals surface area contributed by atoms with Gasteiger partial charge in [-0.2, -0.15) is 0 Å². The third-order valence-corrected chi connectivity index (χ3v) is 3.65. The quantitative estimate of drug-likeness (QED) is 0.749. The van der Waals surface area contributed by atoms with Crippen LogP contribution in [-0.2, 0) is 11.3 Å². The number of methoxy groups -OCH3 is 1. The van der Waals surface area contributed by atoms with Gasteiger partial charge in [0.15, 0.2) is 0 Å². The topological polar surface area (TPSA) is 47.6 Å². The second-order valence-electron chi connectivity index (χ2n) is 4.98. The molecule has 2 aromatic carbocycles. The maximum atomic E-state index is 12.2. The number of hydrogen-bond donors (Lipinski definition) is 1. The Morgan fingerprint density at radius 3 is 2.65 bits per heavy atom. The van der Waals surface area contributed by atoms with E-state index in [9.17, 15) is 4.79 Å². The molecule has 4 nitrogen and oxygen atoms in total. The van der Waals surface area contributed by atoms with Crippen LogP contribution in [-0.4, -0.2) is 26.2 Å². The smallest absolute Gasteiger partial charge is 0.255 e. The zero-order valence-corrected chi connectivity index (χ0v) is 13.8. The largest absolute Gasteiger partial charge is 0.488 e. The fourth-order valence-electron chi connectivity index (χ4n) is 2.06. The maximum Gasteiger partial charge on any atom is 0.255 e. The van der Waals surface area contributed by atoms with Crippen molar-refractivity contribution in [3.8, 4) is 5.75 Å². The van der Waals surface area contributed by atoms with Crippen LogP contribution < -0.4 is 10.1 Å². The van der Waals surface area contributed by atoms with Crippen LogP contribution >= 0.6 is 11.6 Å². The van der Waals surface area contributed by atoms with E-state index >= 15 is 0 Å². The van der Waals surface area contributed by atoms with Crippen molar-refractivity contribution in [3.63, 3.8) is 0 Å². The van der Waals surface area contributed by atoms with Crippen molar-refractivity contribution in [2.24, 2.45) is 0 Å². The second kappa shape index (κ2) is 9.18. The van der Waals surface area contributed by atoms with Gasteiger partial charge in [0.2, 0.25) is 0 Å². The van der Waals surface area contributed by atoms with E-state index in [0.29, 0.717) is 36.1 Å². The number of ether oxygens (including phenoxy) is 2. The molecule has 0 radical (unpaired) electrons. The van der Waals surface area contributed by atoms with E-state index in [1.54, 1.807) is 19.2 Å². The molecule has 1 amide bonds. The lowest BCUT2D eigenvalue weighted by molar-refractivity contribution is 0.0944. The molecule has 0 aliphatic rings. The number of amides is 1. The molecule has 0 bridgehead atoms. The van der Waals surface area contributed by atoms with Crippen LogP contribution in [0.25, 0.3) is 0 Å². The number of carbonyl (C=O) groups is 1. The summed E-state index contributed by atoms with van der Waals surface area (Å²) in [6.07, 6.45) is 0.769. The molecular weight excluding hydrogens is 314 g/mol. The molecule has 0 spiro atoms. The van der Waals surface area contributed by atoms with E-state index in [0.717, 1.165) is 12.0 Å². The summed E-state index contributed by atoms with van der Waals surface area (Å²) >= 11 is 6.12. The summed E-state index contributed by atoms with van der Waals surface area (Å²) in [5, 5.41) is 3.51. The number of rotatable bonds is 8. The van der Waals surface area contributed by atoms with Gasteiger partial charge < -0.3 is 14.8 Å². The normalized spacial score (nSPS) is 10.3. The van der Waals surface area contributed by atoms with Crippen LogP contribution in [0.2, 0.25) is 5.02 Å². The van der Waals surface area contributed by atoms with Crippen molar-refractivity contribution in [3.05, 3.63) is 64.7 Å². The highest BCUT2D eigenvalue weighted by Crippen LogP contribution is 2.21. The highest BCUT2D eigenvalue weighted by molar-refractivity contribution is 6.31. The molecule has 0 saturated carbocycles. The monoisotopic (exact) mass is 333 g/mol. The van der Waals surface area contributed by atoms with Gasteiger partial charge in [-0.3, -0.25) is 4.79 Å². The molecule has 0 aliphatic heterocycles. The Bertz CT molecular complexity index is 646. The average Bonchev–Trinajstić information content (AvgIpc) is 2.58. The summed E-state index contributed by atoms with van der Waals surface area (Å²) < 4.78 is 10.7. The highest BCUT2D eigenvalue weighted by atomic mass is 35.5. The number of benzene rings is 2. The zero-order chi connectivity index (χ0) is 16.5. The van der Waals surface area contributed by atoms with Crippen molar-refractivity contribution < 1.29 is 14.3 Å². The van der Waals surface area contributed by atoms with E-state index in [-0.39, 0.29) is 5.91 Å². The fourth-order valence-corrected chi connectivity index (χ4v) is 2.25. The van der Waals surface area contributed by atoms with E-state index in [2.05, 4.69) is 5.32 Å². The molecule has 0 saturated heterocycles. The van der Waals surface area contributed by atoms with Crippen molar-refractivity contribution in [1.29, 1.82) is 0 Å². The standard InChI is InChI=1S/C18H20ClNO3/c1-22-12-6-11-20-18(21)15-8-3-5-10-17(15)23-13-14-7-2-4-9-16(14)19/h2-5,7-10H,6,11-13H2,1H3,(H,20,21). The first-order valence-corrected chi connectivity index (χ1v) is 7.82. The van der Waals surface area contributed by atoms with E-state index in [1.807, 2.05) is 36.4 Å². The predicted octanol–water partition coefficient (Wildman–Crippen LogP) is 3.69.